The first-order valence-corrected chi connectivity index (χ1v) is 22.7. The average molecular weight is 854 g/mol. The van der Waals surface area contributed by atoms with Crippen molar-refractivity contribution in [2.75, 3.05) is 0 Å². The number of aromatic nitrogens is 3. The molecule has 0 aliphatic carbocycles. The first-order chi connectivity index (χ1) is 33.2. The van der Waals surface area contributed by atoms with Crippen LogP contribution in [0.2, 0.25) is 0 Å². The molecule has 0 bridgehead atoms. The minimum atomic E-state index is 0.555. The van der Waals surface area contributed by atoms with Crippen molar-refractivity contribution >= 4 is 54.2 Å². The first-order valence-electron chi connectivity index (χ1n) is 22.7. The van der Waals surface area contributed by atoms with Crippen molar-refractivity contribution in [2.24, 2.45) is 0 Å². The highest BCUT2D eigenvalue weighted by Gasteiger charge is 2.19. The molecule has 4 heteroatoms. The van der Waals surface area contributed by atoms with Gasteiger partial charge in [0.2, 0.25) is 5.89 Å². The number of nitrogens with zero attached hydrogens (tertiary/aromatic N) is 3. The average Bonchev–Trinajstić information content (AvgIpc) is 3.85. The van der Waals surface area contributed by atoms with Gasteiger partial charge in [0.25, 0.3) is 0 Å². The molecule has 3 aromatic heterocycles. The molecule has 13 rings (SSSR count). The molecule has 3 heterocycles. The standard InChI is InChI=1S/C63H39N3O/c1-5-23-49-40(15-1)19-11-27-53(49)58-36-46(37-59(64-58)54-28-12-20-41-16-2-6-24-50(41)54)44-33-45(35-48(34-44)63-66-57-31-9-10-32-62(57)67-63)47-38-60(55-29-13-21-42-17-3-7-25-51(42)55)65-61(39-47)56-30-14-22-43-18-4-8-26-52(43)56/h1-39H. The van der Waals surface area contributed by atoms with E-state index in [0.717, 1.165) is 105 Å². The number of fused-ring (bicyclic) bond motifs is 5. The van der Waals surface area contributed by atoms with Gasteiger partial charge in [-0.3, -0.25) is 0 Å². The zero-order valence-corrected chi connectivity index (χ0v) is 36.3. The maximum atomic E-state index is 6.57. The Morgan fingerprint density at radius 1 is 0.254 bits per heavy atom. The Kier molecular flexibility index (Phi) is 9.14. The zero-order chi connectivity index (χ0) is 44.3. The van der Waals surface area contributed by atoms with Gasteiger partial charge in [0.05, 0.1) is 22.8 Å². The van der Waals surface area contributed by atoms with Crippen LogP contribution >= 0.6 is 0 Å². The third kappa shape index (κ3) is 6.91. The number of hydrogen-bond acceptors (Lipinski definition) is 4. The fourth-order valence-corrected chi connectivity index (χ4v) is 9.82. The SMILES string of the molecule is c1ccc2c(-c3cc(-c4cc(-c5cc(-c6cccc7ccccc67)nc(-c6cccc7ccccc67)c5)cc(-c5nc6ccccc6o5)c4)cc(-c4cccc5ccccc45)n3)cccc2c1. The first kappa shape index (κ1) is 38.5. The molecule has 0 N–H and O–H groups in total. The van der Waals surface area contributed by atoms with E-state index in [-0.39, 0.29) is 0 Å². The lowest BCUT2D eigenvalue weighted by atomic mass is 9.91. The third-order valence-corrected chi connectivity index (χ3v) is 13.1. The van der Waals surface area contributed by atoms with Crippen molar-refractivity contribution in [1.29, 1.82) is 0 Å². The summed E-state index contributed by atoms with van der Waals surface area (Å²) in [5.74, 6) is 0.555. The van der Waals surface area contributed by atoms with E-state index in [1.54, 1.807) is 0 Å². The van der Waals surface area contributed by atoms with Crippen LogP contribution in [0, 0.1) is 0 Å². The van der Waals surface area contributed by atoms with Crippen LogP contribution in [-0.2, 0) is 0 Å². The summed E-state index contributed by atoms with van der Waals surface area (Å²) in [4.78, 5) is 16.0. The molecule has 13 aromatic rings. The fourth-order valence-electron chi connectivity index (χ4n) is 9.82. The van der Waals surface area contributed by atoms with Crippen LogP contribution in [0.5, 0.6) is 0 Å². The summed E-state index contributed by atoms with van der Waals surface area (Å²) in [7, 11) is 0. The van der Waals surface area contributed by atoms with Crippen molar-refractivity contribution in [3.63, 3.8) is 0 Å². The van der Waals surface area contributed by atoms with Crippen LogP contribution in [-0.4, -0.2) is 15.0 Å². The third-order valence-electron chi connectivity index (χ3n) is 13.1. The molecule has 0 radical (unpaired) electrons. The lowest BCUT2D eigenvalue weighted by Gasteiger charge is -2.16. The van der Waals surface area contributed by atoms with Crippen LogP contribution in [0.3, 0.4) is 0 Å². The number of benzene rings is 10. The van der Waals surface area contributed by atoms with Gasteiger partial charge in [-0.1, -0.05) is 182 Å². The molecule has 0 saturated carbocycles. The molecule has 4 nitrogen and oxygen atoms in total. The van der Waals surface area contributed by atoms with E-state index in [4.69, 9.17) is 19.4 Å². The van der Waals surface area contributed by atoms with Gasteiger partial charge in [-0.05, 0) is 120 Å². The Labute approximate surface area is 387 Å². The molecular weight excluding hydrogens is 815 g/mol. The van der Waals surface area contributed by atoms with Gasteiger partial charge < -0.3 is 4.42 Å². The van der Waals surface area contributed by atoms with Gasteiger partial charge in [-0.25, -0.2) is 15.0 Å². The highest BCUT2D eigenvalue weighted by atomic mass is 16.3. The van der Waals surface area contributed by atoms with Crippen molar-refractivity contribution in [3.8, 4) is 78.7 Å². The maximum Gasteiger partial charge on any atom is 0.227 e. The summed E-state index contributed by atoms with van der Waals surface area (Å²) in [6, 6.07) is 83.7. The second kappa shape index (κ2) is 15.9. The van der Waals surface area contributed by atoms with Crippen molar-refractivity contribution in [1.82, 2.24) is 15.0 Å². The van der Waals surface area contributed by atoms with E-state index in [2.05, 4.69) is 212 Å². The van der Waals surface area contributed by atoms with E-state index < -0.39 is 0 Å². The van der Waals surface area contributed by atoms with Gasteiger partial charge in [-0.2, -0.15) is 0 Å². The fraction of sp³-hybridized carbons (Fsp3) is 0. The zero-order valence-electron chi connectivity index (χ0n) is 36.3. The molecule has 0 atom stereocenters. The van der Waals surface area contributed by atoms with Gasteiger partial charge in [0, 0.05) is 27.8 Å². The normalized spacial score (nSPS) is 11.6. The molecule has 0 fully saturated rings. The summed E-state index contributed by atoms with van der Waals surface area (Å²) in [5.41, 5.74) is 14.4. The minimum Gasteiger partial charge on any atom is -0.436 e. The van der Waals surface area contributed by atoms with Crippen LogP contribution in [0.15, 0.2) is 241 Å². The maximum absolute atomic E-state index is 6.57. The van der Waals surface area contributed by atoms with Crippen LogP contribution in [0.25, 0.3) is 133 Å². The number of pyridine rings is 2. The molecule has 67 heavy (non-hydrogen) atoms. The van der Waals surface area contributed by atoms with Crippen molar-refractivity contribution in [2.45, 2.75) is 0 Å². The molecule has 0 aliphatic heterocycles. The minimum absolute atomic E-state index is 0.555. The molecule has 312 valence electrons. The van der Waals surface area contributed by atoms with E-state index in [0.29, 0.717) is 5.89 Å². The van der Waals surface area contributed by atoms with Crippen LogP contribution in [0.1, 0.15) is 0 Å². The van der Waals surface area contributed by atoms with E-state index in [1.807, 2.05) is 24.3 Å². The van der Waals surface area contributed by atoms with Gasteiger partial charge in [0.1, 0.15) is 5.52 Å². The Hall–Kier alpha value is -8.99. The predicted molar refractivity (Wildman–Crippen MR) is 278 cm³/mol. The molecule has 0 amide bonds. The molecule has 0 spiro atoms. The van der Waals surface area contributed by atoms with Crippen molar-refractivity contribution in [3.05, 3.63) is 237 Å². The molecule has 10 aromatic carbocycles. The molecular formula is C63H39N3O. The smallest absolute Gasteiger partial charge is 0.227 e. The van der Waals surface area contributed by atoms with Crippen LogP contribution in [0.4, 0.5) is 0 Å². The van der Waals surface area contributed by atoms with Gasteiger partial charge in [0.15, 0.2) is 5.58 Å². The topological polar surface area (TPSA) is 51.8 Å². The van der Waals surface area contributed by atoms with Crippen LogP contribution < -0.4 is 0 Å². The molecule has 0 aliphatic rings. The summed E-state index contributed by atoms with van der Waals surface area (Å²) < 4.78 is 6.57. The largest absolute Gasteiger partial charge is 0.436 e. The molecule has 0 unspecified atom stereocenters. The van der Waals surface area contributed by atoms with Crippen molar-refractivity contribution < 1.29 is 4.42 Å². The van der Waals surface area contributed by atoms with Gasteiger partial charge >= 0.3 is 0 Å². The Balaban J connectivity index is 1.09. The van der Waals surface area contributed by atoms with E-state index in [9.17, 15) is 0 Å². The molecule has 0 saturated heterocycles. The number of para-hydroxylation sites is 2. The highest BCUT2D eigenvalue weighted by molar-refractivity contribution is 6.02. The Morgan fingerprint density at radius 2 is 0.567 bits per heavy atom. The Bertz CT molecular complexity index is 3600. The lowest BCUT2D eigenvalue weighted by molar-refractivity contribution is 0.620. The van der Waals surface area contributed by atoms with E-state index in [1.165, 1.54) is 21.5 Å². The number of rotatable bonds is 7. The summed E-state index contributed by atoms with van der Waals surface area (Å²) in [6.45, 7) is 0. The summed E-state index contributed by atoms with van der Waals surface area (Å²) in [6.07, 6.45) is 0. The summed E-state index contributed by atoms with van der Waals surface area (Å²) in [5, 5.41) is 9.27. The Morgan fingerprint density at radius 3 is 0.955 bits per heavy atom. The predicted octanol–water partition coefficient (Wildman–Crippen LogP) is 16.9. The summed E-state index contributed by atoms with van der Waals surface area (Å²) >= 11 is 0. The number of oxazole rings is 1. The lowest BCUT2D eigenvalue weighted by Crippen LogP contribution is -1.95. The second-order valence-electron chi connectivity index (χ2n) is 17.1. The second-order valence-corrected chi connectivity index (χ2v) is 17.1. The van der Waals surface area contributed by atoms with E-state index >= 15 is 0 Å². The quantitative estimate of drug-likeness (QED) is 0.160. The highest BCUT2D eigenvalue weighted by Crippen LogP contribution is 2.41. The van der Waals surface area contributed by atoms with Gasteiger partial charge in [-0.15, -0.1) is 0 Å². The number of hydrogen-bond donors (Lipinski definition) is 0. The monoisotopic (exact) mass is 853 g/mol.